The van der Waals surface area contributed by atoms with Crippen molar-refractivity contribution in [2.75, 3.05) is 0 Å². The molecule has 1 aliphatic carbocycles. The molecule has 0 aromatic heterocycles. The first-order valence-corrected chi connectivity index (χ1v) is 4.90. The zero-order valence-electron chi connectivity index (χ0n) is 8.92. The van der Waals surface area contributed by atoms with Crippen LogP contribution in [0.2, 0.25) is 0 Å². The minimum atomic E-state index is -0.364. The van der Waals surface area contributed by atoms with Crippen molar-refractivity contribution in [3.63, 3.8) is 0 Å². The van der Waals surface area contributed by atoms with Gasteiger partial charge in [0.25, 0.3) is 0 Å². The van der Waals surface area contributed by atoms with Crippen molar-refractivity contribution in [2.45, 2.75) is 46.2 Å². The minimum Gasteiger partial charge on any atom is -0.351 e. The van der Waals surface area contributed by atoms with Crippen molar-refractivity contribution < 1.29 is 4.79 Å². The molecule has 13 heavy (non-hydrogen) atoms. The van der Waals surface area contributed by atoms with Crippen molar-refractivity contribution in [3.8, 4) is 0 Å². The molecular formula is C10H20N2O. The first-order chi connectivity index (χ1) is 5.84. The summed E-state index contributed by atoms with van der Waals surface area (Å²) in [6, 6.07) is -0.0267. The van der Waals surface area contributed by atoms with Crippen molar-refractivity contribution in [2.24, 2.45) is 17.1 Å². The van der Waals surface area contributed by atoms with E-state index in [0.717, 1.165) is 6.42 Å². The summed E-state index contributed by atoms with van der Waals surface area (Å²) in [6.45, 7) is 8.22. The summed E-state index contributed by atoms with van der Waals surface area (Å²) >= 11 is 0. The van der Waals surface area contributed by atoms with E-state index in [1.807, 2.05) is 13.8 Å². The van der Waals surface area contributed by atoms with Crippen LogP contribution in [0, 0.1) is 11.3 Å². The molecule has 1 fully saturated rings. The van der Waals surface area contributed by atoms with Crippen LogP contribution in [0.25, 0.3) is 0 Å². The molecule has 0 saturated heterocycles. The Morgan fingerprint density at radius 2 is 2.00 bits per heavy atom. The van der Waals surface area contributed by atoms with E-state index in [-0.39, 0.29) is 23.3 Å². The van der Waals surface area contributed by atoms with Gasteiger partial charge in [-0.3, -0.25) is 4.79 Å². The van der Waals surface area contributed by atoms with Crippen molar-refractivity contribution in [3.05, 3.63) is 0 Å². The van der Waals surface area contributed by atoms with E-state index in [2.05, 4.69) is 19.2 Å². The fourth-order valence-corrected chi connectivity index (χ4v) is 1.28. The molecule has 0 radical (unpaired) electrons. The summed E-state index contributed by atoms with van der Waals surface area (Å²) in [7, 11) is 0. The van der Waals surface area contributed by atoms with Gasteiger partial charge in [0, 0.05) is 6.04 Å². The first-order valence-electron chi connectivity index (χ1n) is 4.90. The Morgan fingerprint density at radius 3 is 2.31 bits per heavy atom. The number of nitrogens with one attached hydrogen (secondary N) is 1. The van der Waals surface area contributed by atoms with E-state index >= 15 is 0 Å². The molecule has 2 atom stereocenters. The smallest absolute Gasteiger partial charge is 0.237 e. The van der Waals surface area contributed by atoms with E-state index in [1.54, 1.807) is 0 Å². The third-order valence-electron chi connectivity index (χ3n) is 2.85. The Kier molecular flexibility index (Phi) is 2.66. The van der Waals surface area contributed by atoms with E-state index in [1.165, 1.54) is 0 Å². The first kappa shape index (κ1) is 10.5. The third-order valence-corrected chi connectivity index (χ3v) is 2.85. The van der Waals surface area contributed by atoms with Gasteiger partial charge in [-0.25, -0.2) is 0 Å². The lowest BCUT2D eigenvalue weighted by molar-refractivity contribution is -0.123. The zero-order chi connectivity index (χ0) is 10.2. The van der Waals surface area contributed by atoms with Crippen molar-refractivity contribution >= 4 is 5.91 Å². The fourth-order valence-electron chi connectivity index (χ4n) is 1.28. The van der Waals surface area contributed by atoms with Crippen LogP contribution in [0.3, 0.4) is 0 Å². The Hall–Kier alpha value is -0.570. The molecule has 0 aliphatic heterocycles. The topological polar surface area (TPSA) is 55.1 Å². The summed E-state index contributed by atoms with van der Waals surface area (Å²) in [5, 5.41) is 2.96. The van der Waals surface area contributed by atoms with Crippen LogP contribution in [-0.4, -0.2) is 18.0 Å². The van der Waals surface area contributed by atoms with Crippen LogP contribution >= 0.6 is 0 Å². The van der Waals surface area contributed by atoms with Gasteiger partial charge in [0.1, 0.15) is 0 Å². The highest BCUT2D eigenvalue weighted by molar-refractivity contribution is 5.82. The van der Waals surface area contributed by atoms with Crippen molar-refractivity contribution in [1.29, 1.82) is 0 Å². The Bertz CT molecular complexity index is 211. The molecule has 1 unspecified atom stereocenters. The summed E-state index contributed by atoms with van der Waals surface area (Å²) in [4.78, 5) is 11.5. The maximum Gasteiger partial charge on any atom is 0.237 e. The number of hydrogen-bond donors (Lipinski definition) is 2. The summed E-state index contributed by atoms with van der Waals surface area (Å²) in [6.07, 6.45) is 1.07. The maximum atomic E-state index is 11.5. The van der Waals surface area contributed by atoms with E-state index in [4.69, 9.17) is 5.73 Å². The summed E-state index contributed by atoms with van der Waals surface area (Å²) in [5.41, 5.74) is 6.00. The van der Waals surface area contributed by atoms with Gasteiger partial charge >= 0.3 is 0 Å². The molecule has 0 aromatic carbocycles. The SMILES string of the molecule is CC(C)[C@H](N)C(=O)NC1CC1(C)C. The highest BCUT2D eigenvalue weighted by atomic mass is 16.2. The largest absolute Gasteiger partial charge is 0.351 e. The average Bonchev–Trinajstić information content (AvgIpc) is 2.56. The lowest BCUT2D eigenvalue weighted by atomic mass is 10.0. The molecule has 3 N–H and O–H groups in total. The molecule has 0 bridgehead atoms. The molecule has 3 nitrogen and oxygen atoms in total. The van der Waals surface area contributed by atoms with Crippen LogP contribution in [0.1, 0.15) is 34.1 Å². The molecule has 1 rings (SSSR count). The van der Waals surface area contributed by atoms with Gasteiger partial charge in [-0.05, 0) is 17.8 Å². The minimum absolute atomic E-state index is 0.00873. The highest BCUT2D eigenvalue weighted by Gasteiger charge is 2.46. The Morgan fingerprint density at radius 1 is 1.54 bits per heavy atom. The number of amides is 1. The van der Waals surface area contributed by atoms with Crippen LogP contribution in [0.5, 0.6) is 0 Å². The van der Waals surface area contributed by atoms with Gasteiger partial charge in [-0.15, -0.1) is 0 Å². The predicted molar refractivity (Wildman–Crippen MR) is 53.1 cm³/mol. The third kappa shape index (κ3) is 2.44. The predicted octanol–water partition coefficient (Wildman–Crippen LogP) is 0.884. The standard InChI is InChI=1S/C10H20N2O/c1-6(2)8(11)9(13)12-7-5-10(7,3)4/h6-8H,5,11H2,1-4H3,(H,12,13)/t7?,8-/m0/s1. The van der Waals surface area contributed by atoms with E-state index in [9.17, 15) is 4.79 Å². The second kappa shape index (κ2) is 3.29. The molecule has 3 heteroatoms. The monoisotopic (exact) mass is 184 g/mol. The van der Waals surface area contributed by atoms with Crippen LogP contribution in [0.4, 0.5) is 0 Å². The molecule has 76 valence electrons. The number of carbonyl (C=O) groups is 1. The molecule has 1 amide bonds. The number of carbonyl (C=O) groups excluding carboxylic acids is 1. The van der Waals surface area contributed by atoms with Crippen LogP contribution < -0.4 is 11.1 Å². The quantitative estimate of drug-likeness (QED) is 0.684. The Labute approximate surface area is 80.1 Å². The average molecular weight is 184 g/mol. The zero-order valence-corrected chi connectivity index (χ0v) is 8.92. The normalized spacial score (nSPS) is 27.1. The lowest BCUT2D eigenvalue weighted by Gasteiger charge is -2.15. The number of rotatable bonds is 3. The lowest BCUT2D eigenvalue weighted by Crippen LogP contribution is -2.45. The van der Waals surface area contributed by atoms with E-state index in [0.29, 0.717) is 6.04 Å². The van der Waals surface area contributed by atoms with Crippen LogP contribution in [-0.2, 0) is 4.79 Å². The molecule has 0 spiro atoms. The molecule has 0 heterocycles. The van der Waals surface area contributed by atoms with Gasteiger partial charge in [-0.2, -0.15) is 0 Å². The highest BCUT2D eigenvalue weighted by Crippen LogP contribution is 2.44. The van der Waals surface area contributed by atoms with Gasteiger partial charge in [0.05, 0.1) is 6.04 Å². The van der Waals surface area contributed by atoms with Crippen molar-refractivity contribution in [1.82, 2.24) is 5.32 Å². The molecular weight excluding hydrogens is 164 g/mol. The fraction of sp³-hybridized carbons (Fsp3) is 0.900. The van der Waals surface area contributed by atoms with E-state index < -0.39 is 0 Å². The molecule has 1 aliphatic rings. The Balaban J connectivity index is 2.35. The van der Waals surface area contributed by atoms with Gasteiger partial charge < -0.3 is 11.1 Å². The van der Waals surface area contributed by atoms with Gasteiger partial charge in [-0.1, -0.05) is 27.7 Å². The number of hydrogen-bond acceptors (Lipinski definition) is 2. The second-order valence-corrected chi connectivity index (χ2v) is 5.02. The summed E-state index contributed by atoms with van der Waals surface area (Å²) in [5.74, 6) is 0.201. The summed E-state index contributed by atoms with van der Waals surface area (Å²) < 4.78 is 0. The molecule has 1 saturated carbocycles. The maximum absolute atomic E-state index is 11.5. The number of nitrogens with two attached hydrogens (primary N) is 1. The van der Waals surface area contributed by atoms with Gasteiger partial charge in [0.15, 0.2) is 0 Å². The van der Waals surface area contributed by atoms with Gasteiger partial charge in [0.2, 0.25) is 5.91 Å². The van der Waals surface area contributed by atoms with Crippen LogP contribution in [0.15, 0.2) is 0 Å². The second-order valence-electron chi connectivity index (χ2n) is 5.02. The molecule has 0 aromatic rings.